The number of nitrogens with zero attached hydrogens (tertiary/aromatic N) is 1. The van der Waals surface area contributed by atoms with Gasteiger partial charge >= 0.3 is 0 Å². The Balaban J connectivity index is 1.84. The van der Waals surface area contributed by atoms with E-state index >= 15 is 0 Å². The van der Waals surface area contributed by atoms with Crippen molar-refractivity contribution in [1.29, 1.82) is 0 Å². The molecular weight excluding hydrogens is 234 g/mol. The summed E-state index contributed by atoms with van der Waals surface area (Å²) in [5.74, 6) is -0.105. The number of anilines is 1. The Morgan fingerprint density at radius 3 is 2.76 bits per heavy atom. The molecule has 88 valence electrons. The van der Waals surface area contributed by atoms with Gasteiger partial charge in [-0.25, -0.2) is 0 Å². The van der Waals surface area contributed by atoms with Crippen LogP contribution in [0.2, 0.25) is 0 Å². The minimum atomic E-state index is -0.105. The topological polar surface area (TPSA) is 68.0 Å². The molecule has 0 atom stereocenters. The van der Waals surface area contributed by atoms with E-state index in [1.165, 1.54) is 11.3 Å². The van der Waals surface area contributed by atoms with Gasteiger partial charge in [-0.05, 0) is 35.6 Å². The molecule has 2 heterocycles. The number of hydrogen-bond donors (Lipinski definition) is 2. The number of carbonyl (C=O) groups excluding carboxylic acids is 1. The summed E-state index contributed by atoms with van der Waals surface area (Å²) in [5.41, 5.74) is 7.36. The van der Waals surface area contributed by atoms with Crippen molar-refractivity contribution in [2.75, 3.05) is 12.3 Å². The van der Waals surface area contributed by atoms with Crippen LogP contribution in [0, 0.1) is 0 Å². The van der Waals surface area contributed by atoms with Gasteiger partial charge in [-0.3, -0.25) is 9.78 Å². The van der Waals surface area contributed by atoms with E-state index in [9.17, 15) is 4.79 Å². The maximum absolute atomic E-state index is 11.7. The van der Waals surface area contributed by atoms with E-state index < -0.39 is 0 Å². The van der Waals surface area contributed by atoms with Crippen LogP contribution in [-0.4, -0.2) is 17.4 Å². The normalized spacial score (nSPS) is 10.1. The lowest BCUT2D eigenvalue weighted by atomic mass is 10.2. The second-order valence-corrected chi connectivity index (χ2v) is 4.48. The van der Waals surface area contributed by atoms with Crippen molar-refractivity contribution < 1.29 is 4.79 Å². The Morgan fingerprint density at radius 1 is 1.35 bits per heavy atom. The van der Waals surface area contributed by atoms with Crippen molar-refractivity contribution in [2.45, 2.75) is 6.42 Å². The number of nitrogens with one attached hydrogen (secondary N) is 1. The molecule has 0 saturated heterocycles. The van der Waals surface area contributed by atoms with Gasteiger partial charge in [0.05, 0.1) is 5.69 Å². The molecule has 1 amide bonds. The third-order valence-electron chi connectivity index (χ3n) is 2.35. The monoisotopic (exact) mass is 247 g/mol. The van der Waals surface area contributed by atoms with Crippen LogP contribution < -0.4 is 11.1 Å². The molecule has 2 aromatic rings. The zero-order chi connectivity index (χ0) is 12.1. The standard InChI is InChI=1S/C12H13N3OS/c13-10-4-8-17-11(10)12(16)15-7-3-9-1-5-14-6-2-9/h1-2,4-6,8H,3,7,13H2,(H,15,16). The first-order valence-corrected chi connectivity index (χ1v) is 6.15. The molecule has 0 bridgehead atoms. The van der Waals surface area contributed by atoms with Gasteiger partial charge in [-0.15, -0.1) is 11.3 Å². The fourth-order valence-corrected chi connectivity index (χ4v) is 2.19. The highest BCUT2D eigenvalue weighted by molar-refractivity contribution is 7.12. The van der Waals surface area contributed by atoms with Crippen LogP contribution in [0.1, 0.15) is 15.2 Å². The number of nitrogen functional groups attached to an aromatic ring is 1. The number of rotatable bonds is 4. The Morgan fingerprint density at radius 2 is 2.12 bits per heavy atom. The number of amides is 1. The lowest BCUT2D eigenvalue weighted by Crippen LogP contribution is -2.25. The molecule has 0 aromatic carbocycles. The van der Waals surface area contributed by atoms with Crippen molar-refractivity contribution in [1.82, 2.24) is 10.3 Å². The molecule has 0 aliphatic heterocycles. The highest BCUT2D eigenvalue weighted by Gasteiger charge is 2.09. The SMILES string of the molecule is Nc1ccsc1C(=O)NCCc1ccncc1. The molecule has 2 aromatic heterocycles. The zero-order valence-corrected chi connectivity index (χ0v) is 10.0. The molecule has 5 heteroatoms. The number of carbonyl (C=O) groups is 1. The van der Waals surface area contributed by atoms with Gasteiger partial charge in [-0.1, -0.05) is 0 Å². The fraction of sp³-hybridized carbons (Fsp3) is 0.167. The Kier molecular flexibility index (Phi) is 3.72. The fourth-order valence-electron chi connectivity index (χ4n) is 1.45. The van der Waals surface area contributed by atoms with Crippen LogP contribution in [0.25, 0.3) is 0 Å². The van der Waals surface area contributed by atoms with Crippen molar-refractivity contribution in [2.24, 2.45) is 0 Å². The Bertz CT molecular complexity index is 495. The third-order valence-corrected chi connectivity index (χ3v) is 3.28. The lowest BCUT2D eigenvalue weighted by molar-refractivity contribution is 0.0959. The van der Waals surface area contributed by atoms with Gasteiger partial charge in [0.25, 0.3) is 5.91 Å². The van der Waals surface area contributed by atoms with Crippen molar-refractivity contribution in [3.8, 4) is 0 Å². The Labute approximate surface area is 103 Å². The second-order valence-electron chi connectivity index (χ2n) is 3.57. The molecule has 0 aliphatic rings. The number of nitrogens with two attached hydrogens (primary N) is 1. The summed E-state index contributed by atoms with van der Waals surface area (Å²) < 4.78 is 0. The maximum atomic E-state index is 11.7. The number of thiophene rings is 1. The summed E-state index contributed by atoms with van der Waals surface area (Å²) in [6.07, 6.45) is 4.28. The van der Waals surface area contributed by atoms with Crippen LogP contribution in [0.15, 0.2) is 36.0 Å². The Hall–Kier alpha value is -1.88. The molecule has 3 N–H and O–H groups in total. The minimum Gasteiger partial charge on any atom is -0.397 e. The molecule has 0 fully saturated rings. The smallest absolute Gasteiger partial charge is 0.263 e. The molecule has 4 nitrogen and oxygen atoms in total. The summed E-state index contributed by atoms with van der Waals surface area (Å²) in [7, 11) is 0. The molecule has 0 spiro atoms. The predicted molar refractivity (Wildman–Crippen MR) is 69.0 cm³/mol. The minimum absolute atomic E-state index is 0.105. The van der Waals surface area contributed by atoms with E-state index in [0.29, 0.717) is 17.1 Å². The van der Waals surface area contributed by atoms with E-state index in [0.717, 1.165) is 12.0 Å². The number of pyridine rings is 1. The molecular formula is C12H13N3OS. The van der Waals surface area contributed by atoms with E-state index in [-0.39, 0.29) is 5.91 Å². The van der Waals surface area contributed by atoms with Crippen molar-refractivity contribution >= 4 is 22.9 Å². The van der Waals surface area contributed by atoms with Crippen LogP contribution in [0.4, 0.5) is 5.69 Å². The molecule has 0 unspecified atom stereocenters. The first-order chi connectivity index (χ1) is 8.27. The first kappa shape index (κ1) is 11.6. The van der Waals surface area contributed by atoms with Gasteiger partial charge < -0.3 is 11.1 Å². The summed E-state index contributed by atoms with van der Waals surface area (Å²) >= 11 is 1.36. The largest absolute Gasteiger partial charge is 0.397 e. The summed E-state index contributed by atoms with van der Waals surface area (Å²) in [6, 6.07) is 5.61. The summed E-state index contributed by atoms with van der Waals surface area (Å²) in [6.45, 7) is 0.597. The zero-order valence-electron chi connectivity index (χ0n) is 9.22. The van der Waals surface area contributed by atoms with Crippen molar-refractivity contribution in [3.05, 3.63) is 46.4 Å². The van der Waals surface area contributed by atoms with Crippen LogP contribution in [-0.2, 0) is 6.42 Å². The molecule has 0 aliphatic carbocycles. The lowest BCUT2D eigenvalue weighted by Gasteiger charge is -2.04. The van der Waals surface area contributed by atoms with Gasteiger partial charge in [0.2, 0.25) is 0 Å². The van der Waals surface area contributed by atoms with Crippen LogP contribution in [0.5, 0.6) is 0 Å². The molecule has 0 saturated carbocycles. The first-order valence-electron chi connectivity index (χ1n) is 5.27. The van der Waals surface area contributed by atoms with E-state index in [1.807, 2.05) is 17.5 Å². The summed E-state index contributed by atoms with van der Waals surface area (Å²) in [4.78, 5) is 16.2. The van der Waals surface area contributed by atoms with Crippen LogP contribution >= 0.6 is 11.3 Å². The third kappa shape index (κ3) is 3.04. The van der Waals surface area contributed by atoms with E-state index in [4.69, 9.17) is 5.73 Å². The average Bonchev–Trinajstić information content (AvgIpc) is 2.77. The predicted octanol–water partition coefficient (Wildman–Crippen LogP) is 1.70. The molecule has 2 rings (SSSR count). The van der Waals surface area contributed by atoms with Gasteiger partial charge in [0.1, 0.15) is 4.88 Å². The van der Waals surface area contributed by atoms with Gasteiger partial charge in [0, 0.05) is 18.9 Å². The van der Waals surface area contributed by atoms with Gasteiger partial charge in [-0.2, -0.15) is 0 Å². The summed E-state index contributed by atoms with van der Waals surface area (Å²) in [5, 5.41) is 4.66. The van der Waals surface area contributed by atoms with Crippen molar-refractivity contribution in [3.63, 3.8) is 0 Å². The maximum Gasteiger partial charge on any atom is 0.263 e. The highest BCUT2D eigenvalue weighted by Crippen LogP contribution is 2.18. The second kappa shape index (κ2) is 5.45. The van der Waals surface area contributed by atoms with Gasteiger partial charge in [0.15, 0.2) is 0 Å². The molecule has 0 radical (unpaired) electrons. The molecule has 17 heavy (non-hydrogen) atoms. The van der Waals surface area contributed by atoms with Crippen LogP contribution in [0.3, 0.4) is 0 Å². The van der Waals surface area contributed by atoms with E-state index in [2.05, 4.69) is 10.3 Å². The number of hydrogen-bond acceptors (Lipinski definition) is 4. The highest BCUT2D eigenvalue weighted by atomic mass is 32.1. The quantitative estimate of drug-likeness (QED) is 0.864. The number of aromatic nitrogens is 1. The van der Waals surface area contributed by atoms with E-state index in [1.54, 1.807) is 18.5 Å². The average molecular weight is 247 g/mol.